The number of benzene rings is 2. The Balaban J connectivity index is 0.00000300. The molecule has 0 atom stereocenters. The number of hydrogen-bond donors (Lipinski definition) is 2. The number of rotatable bonds is 10. The Morgan fingerprint density at radius 3 is 2.62 bits per heavy atom. The molecule has 1 saturated heterocycles. The van der Waals surface area contributed by atoms with Crippen LogP contribution >= 0.6 is 12.4 Å². The van der Waals surface area contributed by atoms with Gasteiger partial charge < -0.3 is 20.1 Å². The van der Waals surface area contributed by atoms with Crippen molar-refractivity contribution in [3.8, 4) is 5.75 Å². The SMILES string of the molecule is Cl.O=C(CCC1CCNCC1)Nc1cccc(COCCOc2ccccc2)c1. The molecule has 1 heterocycles. The van der Waals surface area contributed by atoms with Gasteiger partial charge in [0.05, 0.1) is 13.2 Å². The van der Waals surface area contributed by atoms with Crippen molar-refractivity contribution >= 4 is 24.0 Å². The Hall–Kier alpha value is -2.08. The summed E-state index contributed by atoms with van der Waals surface area (Å²) in [5.41, 5.74) is 1.87. The lowest BCUT2D eigenvalue weighted by atomic mass is 9.93. The van der Waals surface area contributed by atoms with E-state index in [9.17, 15) is 4.79 Å². The molecular formula is C23H31ClN2O3. The number of carbonyl (C=O) groups is 1. The third kappa shape index (κ3) is 8.86. The topological polar surface area (TPSA) is 59.6 Å². The third-order valence-corrected chi connectivity index (χ3v) is 4.96. The van der Waals surface area contributed by atoms with Crippen molar-refractivity contribution in [3.05, 3.63) is 60.2 Å². The Labute approximate surface area is 179 Å². The van der Waals surface area contributed by atoms with E-state index in [1.54, 1.807) is 0 Å². The molecule has 0 radical (unpaired) electrons. The van der Waals surface area contributed by atoms with Gasteiger partial charge in [-0.05, 0) is 68.1 Å². The fourth-order valence-corrected chi connectivity index (χ4v) is 3.39. The van der Waals surface area contributed by atoms with Gasteiger partial charge in [-0.25, -0.2) is 0 Å². The van der Waals surface area contributed by atoms with E-state index < -0.39 is 0 Å². The fraction of sp³-hybridized carbons (Fsp3) is 0.435. The molecule has 0 unspecified atom stereocenters. The van der Waals surface area contributed by atoms with Gasteiger partial charge in [-0.1, -0.05) is 30.3 Å². The average Bonchev–Trinajstić information content (AvgIpc) is 2.74. The molecule has 0 aliphatic carbocycles. The van der Waals surface area contributed by atoms with Crippen LogP contribution in [0, 0.1) is 5.92 Å². The summed E-state index contributed by atoms with van der Waals surface area (Å²) in [6.45, 7) is 3.67. The van der Waals surface area contributed by atoms with Crippen LogP contribution in [0.3, 0.4) is 0 Å². The van der Waals surface area contributed by atoms with Crippen molar-refractivity contribution in [2.24, 2.45) is 5.92 Å². The molecule has 29 heavy (non-hydrogen) atoms. The molecule has 2 aromatic rings. The summed E-state index contributed by atoms with van der Waals surface area (Å²) in [4.78, 5) is 12.2. The van der Waals surface area contributed by atoms with E-state index in [2.05, 4.69) is 10.6 Å². The van der Waals surface area contributed by atoms with Gasteiger partial charge in [-0.2, -0.15) is 0 Å². The summed E-state index contributed by atoms with van der Waals surface area (Å²) in [6.07, 6.45) is 3.90. The number of nitrogens with one attached hydrogen (secondary N) is 2. The summed E-state index contributed by atoms with van der Waals surface area (Å²) in [5, 5.41) is 6.37. The molecule has 6 heteroatoms. The van der Waals surface area contributed by atoms with E-state index in [-0.39, 0.29) is 18.3 Å². The minimum atomic E-state index is 0. The summed E-state index contributed by atoms with van der Waals surface area (Å²) < 4.78 is 11.3. The predicted molar refractivity (Wildman–Crippen MR) is 119 cm³/mol. The molecule has 1 aliphatic rings. The number of carbonyl (C=O) groups excluding carboxylic acids is 1. The second-order valence-corrected chi connectivity index (χ2v) is 7.19. The van der Waals surface area contributed by atoms with E-state index in [0.717, 1.165) is 36.5 Å². The average molecular weight is 419 g/mol. The molecule has 3 rings (SSSR count). The van der Waals surface area contributed by atoms with Gasteiger partial charge >= 0.3 is 0 Å². The molecule has 2 N–H and O–H groups in total. The number of hydrogen-bond acceptors (Lipinski definition) is 4. The first-order valence-electron chi connectivity index (χ1n) is 10.1. The van der Waals surface area contributed by atoms with Gasteiger partial charge in [-0.3, -0.25) is 4.79 Å². The standard InChI is InChI=1S/C23H30N2O3.ClH/c26-23(10-9-19-11-13-24-14-12-19)25-21-6-4-5-20(17-21)18-27-15-16-28-22-7-2-1-3-8-22;/h1-8,17,19,24H,9-16,18H2,(H,25,26);1H. The van der Waals surface area contributed by atoms with E-state index in [4.69, 9.17) is 9.47 Å². The van der Waals surface area contributed by atoms with Gasteiger partial charge in [0.15, 0.2) is 0 Å². The lowest BCUT2D eigenvalue weighted by Crippen LogP contribution is -2.28. The first-order valence-corrected chi connectivity index (χ1v) is 10.1. The molecule has 2 aromatic carbocycles. The summed E-state index contributed by atoms with van der Waals surface area (Å²) in [6, 6.07) is 17.6. The van der Waals surface area contributed by atoms with Crippen LogP contribution in [-0.2, 0) is 16.1 Å². The molecule has 1 aliphatic heterocycles. The maximum absolute atomic E-state index is 12.2. The van der Waals surface area contributed by atoms with Crippen LogP contribution in [-0.4, -0.2) is 32.2 Å². The maximum atomic E-state index is 12.2. The Morgan fingerprint density at radius 1 is 1.03 bits per heavy atom. The van der Waals surface area contributed by atoms with Crippen LogP contribution in [0.1, 0.15) is 31.2 Å². The zero-order chi connectivity index (χ0) is 19.4. The molecule has 1 amide bonds. The molecule has 158 valence electrons. The quantitative estimate of drug-likeness (QED) is 0.560. The zero-order valence-electron chi connectivity index (χ0n) is 16.8. The molecule has 0 aromatic heterocycles. The first-order chi connectivity index (χ1) is 13.8. The lowest BCUT2D eigenvalue weighted by Gasteiger charge is -2.22. The van der Waals surface area contributed by atoms with Crippen LogP contribution in [0.5, 0.6) is 5.75 Å². The molecular weight excluding hydrogens is 388 g/mol. The zero-order valence-corrected chi connectivity index (χ0v) is 17.6. The van der Waals surface area contributed by atoms with Gasteiger partial charge in [0.2, 0.25) is 5.91 Å². The van der Waals surface area contributed by atoms with Crippen LogP contribution in [0.2, 0.25) is 0 Å². The Morgan fingerprint density at radius 2 is 1.83 bits per heavy atom. The molecule has 0 spiro atoms. The van der Waals surface area contributed by atoms with E-state index in [1.165, 1.54) is 12.8 Å². The van der Waals surface area contributed by atoms with Gasteiger partial charge in [0.25, 0.3) is 0 Å². The number of ether oxygens (including phenoxy) is 2. The van der Waals surface area contributed by atoms with E-state index in [0.29, 0.717) is 32.2 Å². The summed E-state index contributed by atoms with van der Waals surface area (Å²) in [5.74, 6) is 1.61. The van der Waals surface area contributed by atoms with Gasteiger partial charge in [-0.15, -0.1) is 12.4 Å². The van der Waals surface area contributed by atoms with Crippen LogP contribution in [0.25, 0.3) is 0 Å². The lowest BCUT2D eigenvalue weighted by molar-refractivity contribution is -0.116. The largest absolute Gasteiger partial charge is 0.491 e. The Kier molecular flexibility index (Phi) is 10.6. The monoisotopic (exact) mass is 418 g/mol. The summed E-state index contributed by atoms with van der Waals surface area (Å²) in [7, 11) is 0. The van der Waals surface area contributed by atoms with Crippen molar-refractivity contribution in [2.75, 3.05) is 31.6 Å². The maximum Gasteiger partial charge on any atom is 0.224 e. The minimum absolute atomic E-state index is 0. The van der Waals surface area contributed by atoms with Crippen molar-refractivity contribution in [1.29, 1.82) is 0 Å². The molecule has 0 bridgehead atoms. The van der Waals surface area contributed by atoms with Crippen molar-refractivity contribution in [1.82, 2.24) is 5.32 Å². The number of amides is 1. The second kappa shape index (κ2) is 13.2. The normalized spacial score (nSPS) is 14.1. The van der Waals surface area contributed by atoms with Crippen molar-refractivity contribution in [3.63, 3.8) is 0 Å². The van der Waals surface area contributed by atoms with E-state index in [1.807, 2.05) is 54.6 Å². The highest BCUT2D eigenvalue weighted by molar-refractivity contribution is 5.90. The number of anilines is 1. The third-order valence-electron chi connectivity index (χ3n) is 4.96. The molecule has 0 saturated carbocycles. The smallest absolute Gasteiger partial charge is 0.224 e. The number of halogens is 1. The summed E-state index contributed by atoms with van der Waals surface area (Å²) >= 11 is 0. The number of piperidine rings is 1. The van der Waals surface area contributed by atoms with Crippen molar-refractivity contribution in [2.45, 2.75) is 32.3 Å². The second-order valence-electron chi connectivity index (χ2n) is 7.19. The molecule has 1 fully saturated rings. The van der Waals surface area contributed by atoms with Crippen LogP contribution in [0.4, 0.5) is 5.69 Å². The Bertz CT molecular complexity index is 721. The molecule has 5 nitrogen and oxygen atoms in total. The van der Waals surface area contributed by atoms with Crippen LogP contribution < -0.4 is 15.4 Å². The number of para-hydroxylation sites is 1. The van der Waals surface area contributed by atoms with Crippen molar-refractivity contribution < 1.29 is 14.3 Å². The fourth-order valence-electron chi connectivity index (χ4n) is 3.39. The minimum Gasteiger partial charge on any atom is -0.491 e. The van der Waals surface area contributed by atoms with Gasteiger partial charge in [0, 0.05) is 12.1 Å². The first kappa shape index (κ1) is 23.2. The highest BCUT2D eigenvalue weighted by atomic mass is 35.5. The van der Waals surface area contributed by atoms with E-state index >= 15 is 0 Å². The predicted octanol–water partition coefficient (Wildman–Crippen LogP) is 4.42. The van der Waals surface area contributed by atoms with Gasteiger partial charge in [0.1, 0.15) is 12.4 Å². The van der Waals surface area contributed by atoms with Crippen LogP contribution in [0.15, 0.2) is 54.6 Å². The highest BCUT2D eigenvalue weighted by Crippen LogP contribution is 2.19. The highest BCUT2D eigenvalue weighted by Gasteiger charge is 2.14.